The molecule has 1 aromatic carbocycles. The maximum absolute atomic E-state index is 10.0. The molecule has 1 atom stereocenters. The standard InChI is InChI=1S/C11H13NO2/c1-9(12-8-13)6-10-4-3-5-11(7-10)14-2/h3-5,7,9H,6H2,1-2H3. The van der Waals surface area contributed by atoms with Gasteiger partial charge in [0.05, 0.1) is 13.2 Å². The van der Waals surface area contributed by atoms with Gasteiger partial charge in [0.25, 0.3) is 0 Å². The predicted molar refractivity (Wildman–Crippen MR) is 54.3 cm³/mol. The van der Waals surface area contributed by atoms with Crippen molar-refractivity contribution < 1.29 is 9.53 Å². The molecule has 1 rings (SSSR count). The second-order valence-corrected chi connectivity index (χ2v) is 3.13. The fourth-order valence-corrected chi connectivity index (χ4v) is 1.28. The van der Waals surface area contributed by atoms with E-state index in [2.05, 4.69) is 4.99 Å². The highest BCUT2D eigenvalue weighted by atomic mass is 16.5. The molecule has 0 heterocycles. The zero-order valence-corrected chi connectivity index (χ0v) is 8.36. The van der Waals surface area contributed by atoms with E-state index in [0.29, 0.717) is 0 Å². The third-order valence-corrected chi connectivity index (χ3v) is 1.94. The largest absolute Gasteiger partial charge is 0.497 e. The van der Waals surface area contributed by atoms with E-state index in [1.54, 1.807) is 13.2 Å². The van der Waals surface area contributed by atoms with Gasteiger partial charge < -0.3 is 4.74 Å². The molecule has 14 heavy (non-hydrogen) atoms. The van der Waals surface area contributed by atoms with E-state index in [-0.39, 0.29) is 6.04 Å². The molecule has 0 bridgehead atoms. The molecule has 0 saturated heterocycles. The van der Waals surface area contributed by atoms with Gasteiger partial charge in [-0.05, 0) is 31.0 Å². The fourth-order valence-electron chi connectivity index (χ4n) is 1.28. The summed E-state index contributed by atoms with van der Waals surface area (Å²) in [5.41, 5.74) is 1.11. The van der Waals surface area contributed by atoms with E-state index in [0.717, 1.165) is 17.7 Å². The van der Waals surface area contributed by atoms with Crippen molar-refractivity contribution in [2.45, 2.75) is 19.4 Å². The molecule has 1 unspecified atom stereocenters. The van der Waals surface area contributed by atoms with Crippen molar-refractivity contribution in [3.05, 3.63) is 29.8 Å². The summed E-state index contributed by atoms with van der Waals surface area (Å²) in [6.07, 6.45) is 2.29. The molecule has 0 fully saturated rings. The lowest BCUT2D eigenvalue weighted by Crippen LogP contribution is -2.02. The summed E-state index contributed by atoms with van der Waals surface area (Å²) in [6, 6.07) is 7.71. The molecular weight excluding hydrogens is 178 g/mol. The van der Waals surface area contributed by atoms with E-state index in [4.69, 9.17) is 4.74 Å². The molecule has 74 valence electrons. The Hall–Kier alpha value is -1.60. The van der Waals surface area contributed by atoms with E-state index >= 15 is 0 Å². The van der Waals surface area contributed by atoms with Crippen molar-refractivity contribution >= 4 is 6.08 Å². The maximum atomic E-state index is 10.0. The summed E-state index contributed by atoms with van der Waals surface area (Å²) >= 11 is 0. The zero-order chi connectivity index (χ0) is 10.4. The number of nitrogens with zero attached hydrogens (tertiary/aromatic N) is 1. The zero-order valence-electron chi connectivity index (χ0n) is 8.36. The van der Waals surface area contributed by atoms with Gasteiger partial charge in [0.15, 0.2) is 0 Å². The minimum atomic E-state index is -0.0281. The van der Waals surface area contributed by atoms with Gasteiger partial charge in [-0.1, -0.05) is 12.1 Å². The van der Waals surface area contributed by atoms with Crippen LogP contribution in [0.2, 0.25) is 0 Å². The number of benzene rings is 1. The van der Waals surface area contributed by atoms with Crippen LogP contribution in [-0.4, -0.2) is 19.2 Å². The Labute approximate surface area is 83.4 Å². The van der Waals surface area contributed by atoms with Crippen LogP contribution >= 0.6 is 0 Å². The molecule has 0 N–H and O–H groups in total. The van der Waals surface area contributed by atoms with Gasteiger partial charge in [-0.2, -0.15) is 0 Å². The SMILES string of the molecule is COc1cccc(CC(C)N=C=O)c1. The fraction of sp³-hybridized carbons (Fsp3) is 0.364. The average Bonchev–Trinajstić information content (AvgIpc) is 2.18. The number of rotatable bonds is 4. The first kappa shape index (κ1) is 10.5. The lowest BCUT2D eigenvalue weighted by molar-refractivity contribution is 0.414. The molecule has 0 amide bonds. The number of hydrogen-bond donors (Lipinski definition) is 0. The van der Waals surface area contributed by atoms with Gasteiger partial charge in [-0.15, -0.1) is 0 Å². The summed E-state index contributed by atoms with van der Waals surface area (Å²) in [4.78, 5) is 13.6. The van der Waals surface area contributed by atoms with Crippen molar-refractivity contribution in [2.75, 3.05) is 7.11 Å². The van der Waals surface area contributed by atoms with E-state index < -0.39 is 0 Å². The number of aliphatic imine (C=N–C) groups is 1. The van der Waals surface area contributed by atoms with Crippen LogP contribution in [0.3, 0.4) is 0 Å². The molecule has 3 heteroatoms. The van der Waals surface area contributed by atoms with Gasteiger partial charge in [-0.25, -0.2) is 9.79 Å². The molecule has 0 aromatic heterocycles. The molecule has 3 nitrogen and oxygen atoms in total. The Morgan fingerprint density at radius 1 is 1.57 bits per heavy atom. The highest BCUT2D eigenvalue weighted by Crippen LogP contribution is 2.14. The molecule has 0 spiro atoms. The van der Waals surface area contributed by atoms with Crippen LogP contribution in [-0.2, 0) is 11.2 Å². The Morgan fingerprint density at radius 3 is 3.00 bits per heavy atom. The van der Waals surface area contributed by atoms with Gasteiger partial charge in [-0.3, -0.25) is 0 Å². The number of hydrogen-bond acceptors (Lipinski definition) is 3. The minimum absolute atomic E-state index is 0.0281. The summed E-state index contributed by atoms with van der Waals surface area (Å²) in [5.74, 6) is 0.824. The van der Waals surface area contributed by atoms with Crippen molar-refractivity contribution in [3.8, 4) is 5.75 Å². The molecule has 0 saturated carbocycles. The lowest BCUT2D eigenvalue weighted by atomic mass is 10.1. The normalized spacial score (nSPS) is 11.6. The Balaban J connectivity index is 2.71. The van der Waals surface area contributed by atoms with E-state index in [9.17, 15) is 4.79 Å². The second-order valence-electron chi connectivity index (χ2n) is 3.13. The molecule has 0 aliphatic heterocycles. The topological polar surface area (TPSA) is 38.7 Å². The van der Waals surface area contributed by atoms with Crippen LogP contribution in [0.25, 0.3) is 0 Å². The molecule has 1 aromatic rings. The number of carbonyl (C=O) groups excluding carboxylic acids is 1. The van der Waals surface area contributed by atoms with Gasteiger partial charge in [0.1, 0.15) is 5.75 Å². The van der Waals surface area contributed by atoms with Gasteiger partial charge in [0, 0.05) is 0 Å². The van der Waals surface area contributed by atoms with Crippen molar-refractivity contribution in [1.29, 1.82) is 0 Å². The van der Waals surface area contributed by atoms with Gasteiger partial charge in [0.2, 0.25) is 6.08 Å². The highest BCUT2D eigenvalue weighted by molar-refractivity contribution is 5.34. The van der Waals surface area contributed by atoms with E-state index in [1.807, 2.05) is 31.2 Å². The smallest absolute Gasteiger partial charge is 0.235 e. The predicted octanol–water partition coefficient (Wildman–Crippen LogP) is 1.96. The minimum Gasteiger partial charge on any atom is -0.497 e. The average molecular weight is 191 g/mol. The summed E-state index contributed by atoms with van der Waals surface area (Å²) in [7, 11) is 1.63. The first-order valence-electron chi connectivity index (χ1n) is 4.46. The number of isocyanates is 1. The Kier molecular flexibility index (Phi) is 3.89. The van der Waals surface area contributed by atoms with Crippen molar-refractivity contribution in [2.24, 2.45) is 4.99 Å². The molecule has 0 aliphatic rings. The molecule has 0 aliphatic carbocycles. The summed E-state index contributed by atoms with van der Waals surface area (Å²) in [6.45, 7) is 1.88. The van der Waals surface area contributed by atoms with Crippen molar-refractivity contribution in [3.63, 3.8) is 0 Å². The highest BCUT2D eigenvalue weighted by Gasteiger charge is 2.02. The first-order chi connectivity index (χ1) is 6.76. The number of ether oxygens (including phenoxy) is 1. The Morgan fingerprint density at radius 2 is 2.36 bits per heavy atom. The maximum Gasteiger partial charge on any atom is 0.235 e. The molecular formula is C11H13NO2. The van der Waals surface area contributed by atoms with E-state index in [1.165, 1.54) is 0 Å². The van der Waals surface area contributed by atoms with Crippen molar-refractivity contribution in [1.82, 2.24) is 0 Å². The number of methoxy groups -OCH3 is 1. The third kappa shape index (κ3) is 3.04. The third-order valence-electron chi connectivity index (χ3n) is 1.94. The van der Waals surface area contributed by atoms with Gasteiger partial charge >= 0.3 is 0 Å². The summed E-state index contributed by atoms with van der Waals surface area (Å²) in [5, 5.41) is 0. The Bertz CT molecular complexity index is 343. The van der Waals surface area contributed by atoms with Crippen LogP contribution < -0.4 is 4.74 Å². The quantitative estimate of drug-likeness (QED) is 0.539. The second kappa shape index (κ2) is 5.20. The summed E-state index contributed by atoms with van der Waals surface area (Å²) < 4.78 is 5.09. The van der Waals surface area contributed by atoms with Crippen LogP contribution in [0.1, 0.15) is 12.5 Å². The monoisotopic (exact) mass is 191 g/mol. The molecule has 0 radical (unpaired) electrons. The van der Waals surface area contributed by atoms with Crippen LogP contribution in [0.5, 0.6) is 5.75 Å². The van der Waals surface area contributed by atoms with Crippen LogP contribution in [0.15, 0.2) is 29.3 Å². The van der Waals surface area contributed by atoms with Crippen LogP contribution in [0, 0.1) is 0 Å². The van der Waals surface area contributed by atoms with Crippen LogP contribution in [0.4, 0.5) is 0 Å². The lowest BCUT2D eigenvalue weighted by Gasteiger charge is -2.05. The first-order valence-corrected chi connectivity index (χ1v) is 4.46.